The smallest absolute Gasteiger partial charge is 0.387 e. The number of alkyl halides is 2. The van der Waals surface area contributed by atoms with Crippen molar-refractivity contribution < 1.29 is 18.3 Å². The summed E-state index contributed by atoms with van der Waals surface area (Å²) in [6.45, 7) is -2.39. The topological polar surface area (TPSA) is 62.1 Å². The Kier molecular flexibility index (Phi) is 6.30. The molecule has 0 spiro atoms. The van der Waals surface area contributed by atoms with Crippen molar-refractivity contribution >= 4 is 5.91 Å². The van der Waals surface area contributed by atoms with Crippen molar-refractivity contribution in [1.82, 2.24) is 5.32 Å². The van der Waals surface area contributed by atoms with Crippen LogP contribution in [0.15, 0.2) is 24.3 Å². The number of halogens is 2. The van der Waals surface area contributed by atoms with Crippen molar-refractivity contribution in [2.75, 3.05) is 6.54 Å². The summed E-state index contributed by atoms with van der Waals surface area (Å²) in [4.78, 5) is 11.6. The summed E-state index contributed by atoms with van der Waals surface area (Å²) in [7, 11) is 0. The van der Waals surface area contributed by atoms with Gasteiger partial charge in [0.1, 0.15) is 5.75 Å². The van der Waals surface area contributed by atoms with Gasteiger partial charge in [-0.3, -0.25) is 4.79 Å². The Bertz CT molecular complexity index is 441. The monoisotopic (exact) mass is 268 g/mol. The van der Waals surface area contributed by atoms with Gasteiger partial charge in [0.05, 0.1) is 6.07 Å². The van der Waals surface area contributed by atoms with Gasteiger partial charge < -0.3 is 10.1 Å². The van der Waals surface area contributed by atoms with Gasteiger partial charge in [-0.15, -0.1) is 0 Å². The zero-order valence-corrected chi connectivity index (χ0v) is 10.2. The molecule has 0 unspecified atom stereocenters. The fourth-order valence-electron chi connectivity index (χ4n) is 1.42. The first-order chi connectivity index (χ1) is 9.13. The molecular formula is C13H14F2N2O2. The van der Waals surface area contributed by atoms with E-state index in [9.17, 15) is 13.6 Å². The first-order valence-corrected chi connectivity index (χ1v) is 5.83. The number of amides is 1. The summed E-state index contributed by atoms with van der Waals surface area (Å²) in [5, 5.41) is 11.0. The van der Waals surface area contributed by atoms with Gasteiger partial charge in [0.25, 0.3) is 5.91 Å². The number of nitriles is 1. The van der Waals surface area contributed by atoms with Crippen LogP contribution in [-0.4, -0.2) is 19.1 Å². The van der Waals surface area contributed by atoms with Gasteiger partial charge in [-0.1, -0.05) is 0 Å². The Labute approximate surface area is 110 Å². The molecule has 0 saturated carbocycles. The Balaban J connectivity index is 2.38. The molecule has 4 nitrogen and oxygen atoms in total. The molecule has 0 aromatic heterocycles. The zero-order chi connectivity index (χ0) is 14.1. The Morgan fingerprint density at radius 1 is 1.32 bits per heavy atom. The van der Waals surface area contributed by atoms with E-state index in [1.165, 1.54) is 24.3 Å². The Hall–Kier alpha value is -2.16. The van der Waals surface area contributed by atoms with E-state index in [1.54, 1.807) is 0 Å². The lowest BCUT2D eigenvalue weighted by Gasteiger charge is -2.06. The lowest BCUT2D eigenvalue weighted by Crippen LogP contribution is -2.24. The average molecular weight is 268 g/mol. The van der Waals surface area contributed by atoms with Crippen LogP contribution in [0.4, 0.5) is 8.78 Å². The number of benzene rings is 1. The van der Waals surface area contributed by atoms with Gasteiger partial charge in [-0.05, 0) is 37.1 Å². The molecule has 0 bridgehead atoms. The largest absolute Gasteiger partial charge is 0.435 e. The summed E-state index contributed by atoms with van der Waals surface area (Å²) >= 11 is 0. The van der Waals surface area contributed by atoms with Crippen molar-refractivity contribution in [3.63, 3.8) is 0 Å². The van der Waals surface area contributed by atoms with Crippen LogP contribution in [0.5, 0.6) is 5.75 Å². The van der Waals surface area contributed by atoms with Crippen molar-refractivity contribution in [3.05, 3.63) is 29.8 Å². The molecule has 0 radical (unpaired) electrons. The highest BCUT2D eigenvalue weighted by Gasteiger charge is 2.07. The van der Waals surface area contributed by atoms with Crippen LogP contribution < -0.4 is 10.1 Å². The van der Waals surface area contributed by atoms with Crippen LogP contribution in [0.2, 0.25) is 0 Å². The fraction of sp³-hybridized carbons (Fsp3) is 0.385. The summed E-state index contributed by atoms with van der Waals surface area (Å²) < 4.78 is 28.0. The number of hydrogen-bond acceptors (Lipinski definition) is 3. The van der Waals surface area contributed by atoms with Gasteiger partial charge in [-0.2, -0.15) is 14.0 Å². The molecule has 0 aliphatic heterocycles. The predicted octanol–water partition coefficient (Wildman–Crippen LogP) is 2.71. The molecule has 1 amide bonds. The highest BCUT2D eigenvalue weighted by molar-refractivity contribution is 5.94. The first kappa shape index (κ1) is 14.9. The number of hydrogen-bond donors (Lipinski definition) is 1. The summed E-state index contributed by atoms with van der Waals surface area (Å²) in [6, 6.07) is 7.49. The van der Waals surface area contributed by atoms with E-state index in [0.29, 0.717) is 18.5 Å². The lowest BCUT2D eigenvalue weighted by molar-refractivity contribution is -0.0498. The Morgan fingerprint density at radius 3 is 2.58 bits per heavy atom. The number of nitrogens with zero attached hydrogens (tertiary/aromatic N) is 1. The molecule has 0 aliphatic rings. The molecule has 1 rings (SSSR count). The molecule has 19 heavy (non-hydrogen) atoms. The van der Waals surface area contributed by atoms with Crippen LogP contribution in [0.25, 0.3) is 0 Å². The van der Waals surface area contributed by atoms with E-state index in [2.05, 4.69) is 10.1 Å². The van der Waals surface area contributed by atoms with E-state index in [0.717, 1.165) is 12.8 Å². The second-order valence-electron chi connectivity index (χ2n) is 3.77. The summed E-state index contributed by atoms with van der Waals surface area (Å²) in [6.07, 6.45) is 1.93. The average Bonchev–Trinajstić information content (AvgIpc) is 2.38. The van der Waals surface area contributed by atoms with Crippen LogP contribution in [0.1, 0.15) is 29.6 Å². The minimum atomic E-state index is -2.88. The molecule has 0 aliphatic carbocycles. The lowest BCUT2D eigenvalue weighted by atomic mass is 10.2. The van der Waals surface area contributed by atoms with Gasteiger partial charge in [0.15, 0.2) is 0 Å². The summed E-state index contributed by atoms with van der Waals surface area (Å²) in [5.41, 5.74) is 0.377. The number of ether oxygens (including phenoxy) is 1. The van der Waals surface area contributed by atoms with E-state index < -0.39 is 6.61 Å². The van der Waals surface area contributed by atoms with Gasteiger partial charge >= 0.3 is 6.61 Å². The minimum absolute atomic E-state index is 0.0144. The van der Waals surface area contributed by atoms with Crippen LogP contribution in [-0.2, 0) is 0 Å². The predicted molar refractivity (Wildman–Crippen MR) is 64.9 cm³/mol. The van der Waals surface area contributed by atoms with Gasteiger partial charge in [-0.25, -0.2) is 0 Å². The third-order valence-corrected chi connectivity index (χ3v) is 2.34. The van der Waals surface area contributed by atoms with Gasteiger partial charge in [0, 0.05) is 18.5 Å². The number of nitrogens with one attached hydrogen (secondary N) is 1. The molecule has 1 aromatic rings. The minimum Gasteiger partial charge on any atom is -0.435 e. The quantitative estimate of drug-likeness (QED) is 0.773. The van der Waals surface area contributed by atoms with E-state index in [-0.39, 0.29) is 11.7 Å². The number of carbonyl (C=O) groups is 1. The number of carbonyl (C=O) groups excluding carboxylic acids is 1. The highest BCUT2D eigenvalue weighted by Crippen LogP contribution is 2.14. The maximum atomic E-state index is 11.9. The van der Waals surface area contributed by atoms with Crippen LogP contribution >= 0.6 is 0 Å². The third kappa shape index (κ3) is 5.82. The second kappa shape index (κ2) is 8.03. The van der Waals surface area contributed by atoms with E-state index in [4.69, 9.17) is 5.26 Å². The number of unbranched alkanes of at least 4 members (excludes halogenated alkanes) is 2. The zero-order valence-electron chi connectivity index (χ0n) is 10.2. The molecule has 0 atom stereocenters. The molecule has 0 saturated heterocycles. The molecule has 0 heterocycles. The van der Waals surface area contributed by atoms with Crippen molar-refractivity contribution in [2.45, 2.75) is 25.9 Å². The maximum Gasteiger partial charge on any atom is 0.387 e. The van der Waals surface area contributed by atoms with Crippen LogP contribution in [0, 0.1) is 11.3 Å². The molecule has 1 aromatic carbocycles. The van der Waals surface area contributed by atoms with E-state index in [1.807, 2.05) is 6.07 Å². The Morgan fingerprint density at radius 2 is 2.00 bits per heavy atom. The van der Waals surface area contributed by atoms with Crippen molar-refractivity contribution in [1.29, 1.82) is 5.26 Å². The first-order valence-electron chi connectivity index (χ1n) is 5.83. The molecular weight excluding hydrogens is 254 g/mol. The van der Waals surface area contributed by atoms with Crippen molar-refractivity contribution in [3.8, 4) is 11.8 Å². The highest BCUT2D eigenvalue weighted by atomic mass is 19.3. The molecule has 6 heteroatoms. The SMILES string of the molecule is N#CCCCCNC(=O)c1ccc(OC(F)F)cc1. The molecule has 1 N–H and O–H groups in total. The maximum absolute atomic E-state index is 11.9. The van der Waals surface area contributed by atoms with Crippen molar-refractivity contribution in [2.24, 2.45) is 0 Å². The summed E-state index contributed by atoms with van der Waals surface area (Å²) in [5.74, 6) is -0.263. The fourth-order valence-corrected chi connectivity index (χ4v) is 1.42. The van der Waals surface area contributed by atoms with Crippen LogP contribution in [0.3, 0.4) is 0 Å². The second-order valence-corrected chi connectivity index (χ2v) is 3.77. The molecule has 102 valence electrons. The van der Waals surface area contributed by atoms with Gasteiger partial charge in [0.2, 0.25) is 0 Å². The normalized spacial score (nSPS) is 10.0. The standard InChI is InChI=1S/C13H14F2N2O2/c14-13(15)19-11-6-4-10(5-7-11)12(18)17-9-3-1-2-8-16/h4-7,13H,1-3,9H2,(H,17,18). The number of rotatable bonds is 7. The molecule has 0 fully saturated rings. The van der Waals surface area contributed by atoms with E-state index >= 15 is 0 Å². The third-order valence-electron chi connectivity index (χ3n) is 2.34.